The van der Waals surface area contributed by atoms with Crippen molar-refractivity contribution >= 4 is 79.9 Å². The second kappa shape index (κ2) is 7.72. The number of amides is 1. The van der Waals surface area contributed by atoms with Gasteiger partial charge in [-0.2, -0.15) is 0 Å². The third-order valence-electron chi connectivity index (χ3n) is 3.38. The van der Waals surface area contributed by atoms with Crippen molar-refractivity contribution in [2.75, 3.05) is 5.32 Å². The topological polar surface area (TPSA) is 66.4 Å². The quantitative estimate of drug-likeness (QED) is 0.378. The van der Waals surface area contributed by atoms with Crippen molar-refractivity contribution in [3.63, 3.8) is 0 Å². The zero-order valence-corrected chi connectivity index (χ0v) is 17.4. The number of carboxylic acids is 1. The lowest BCUT2D eigenvalue weighted by Gasteiger charge is -2.16. The van der Waals surface area contributed by atoms with Crippen molar-refractivity contribution in [1.29, 1.82) is 0 Å². The normalized spacial score (nSPS) is 10.7. The molecule has 25 heavy (non-hydrogen) atoms. The average Bonchev–Trinajstić information content (AvgIpc) is 2.51. The number of hydrogen-bond donors (Lipinski definition) is 2. The van der Waals surface area contributed by atoms with Crippen LogP contribution in [0, 0.1) is 13.8 Å². The van der Waals surface area contributed by atoms with Gasteiger partial charge in [-0.25, -0.2) is 4.79 Å². The minimum atomic E-state index is -1.45. The number of nitrogens with one attached hydrogen (secondary N) is 1. The predicted molar refractivity (Wildman–Crippen MR) is 105 cm³/mol. The molecule has 0 saturated carbocycles. The number of anilines is 1. The first-order valence-electron chi connectivity index (χ1n) is 6.73. The largest absolute Gasteiger partial charge is 0.478 e. The minimum Gasteiger partial charge on any atom is -0.478 e. The molecule has 2 aromatic rings. The predicted octanol–water partition coefficient (Wildman–Crippen LogP) is 6.63. The monoisotopic (exact) mass is 483 g/mol. The second-order valence-corrected chi connectivity index (χ2v) is 7.57. The minimum absolute atomic E-state index is 0.192. The van der Waals surface area contributed by atoms with Crippen LogP contribution in [0.2, 0.25) is 20.1 Å². The van der Waals surface area contributed by atoms with Crippen molar-refractivity contribution < 1.29 is 14.7 Å². The van der Waals surface area contributed by atoms with Gasteiger partial charge in [0, 0.05) is 4.47 Å². The van der Waals surface area contributed by atoms with Crippen LogP contribution in [0.3, 0.4) is 0 Å². The second-order valence-electron chi connectivity index (χ2n) is 5.20. The molecule has 0 radical (unpaired) electrons. The van der Waals surface area contributed by atoms with E-state index in [4.69, 9.17) is 46.4 Å². The molecule has 4 nitrogen and oxygen atoms in total. The van der Waals surface area contributed by atoms with Crippen molar-refractivity contribution in [1.82, 2.24) is 0 Å². The van der Waals surface area contributed by atoms with Gasteiger partial charge < -0.3 is 10.4 Å². The molecule has 0 fully saturated rings. The summed E-state index contributed by atoms with van der Waals surface area (Å²) in [6.45, 7) is 3.70. The van der Waals surface area contributed by atoms with Crippen LogP contribution in [-0.2, 0) is 0 Å². The molecular weight excluding hydrogens is 476 g/mol. The Hall–Kier alpha value is -0.980. The molecule has 1 amide bonds. The van der Waals surface area contributed by atoms with Gasteiger partial charge in [0.1, 0.15) is 0 Å². The number of carbonyl (C=O) groups is 2. The summed E-state index contributed by atoms with van der Waals surface area (Å²) in [6.07, 6.45) is 0. The van der Waals surface area contributed by atoms with E-state index in [1.165, 1.54) is 0 Å². The van der Waals surface area contributed by atoms with E-state index in [0.717, 1.165) is 11.1 Å². The molecule has 9 heteroatoms. The van der Waals surface area contributed by atoms with Gasteiger partial charge in [0.2, 0.25) is 0 Å². The van der Waals surface area contributed by atoms with Crippen LogP contribution in [0.1, 0.15) is 31.8 Å². The van der Waals surface area contributed by atoms with E-state index in [-0.39, 0.29) is 25.7 Å². The molecule has 0 aliphatic rings. The average molecular weight is 486 g/mol. The number of carbonyl (C=O) groups excluding carboxylic acids is 1. The van der Waals surface area contributed by atoms with E-state index in [1.807, 2.05) is 19.1 Å². The number of carboxylic acid groups (broad SMARTS) is 1. The van der Waals surface area contributed by atoms with Gasteiger partial charge in [-0.1, -0.05) is 52.5 Å². The number of rotatable bonds is 3. The fourth-order valence-corrected chi connectivity index (χ4v) is 4.09. The first-order chi connectivity index (χ1) is 11.6. The molecule has 2 aromatic carbocycles. The highest BCUT2D eigenvalue weighted by atomic mass is 79.9. The van der Waals surface area contributed by atoms with Crippen molar-refractivity contribution in [3.8, 4) is 0 Å². The summed E-state index contributed by atoms with van der Waals surface area (Å²) in [5.74, 6) is -2.22. The molecular formula is C16H10BrCl4NO3. The van der Waals surface area contributed by atoms with Crippen molar-refractivity contribution in [3.05, 3.63) is 58.9 Å². The Balaban J connectivity index is 2.63. The van der Waals surface area contributed by atoms with E-state index >= 15 is 0 Å². The number of aryl methyl sites for hydroxylation is 2. The van der Waals surface area contributed by atoms with Gasteiger partial charge in [-0.3, -0.25) is 4.79 Å². The van der Waals surface area contributed by atoms with E-state index in [1.54, 1.807) is 6.92 Å². The molecule has 0 bridgehead atoms. The highest BCUT2D eigenvalue weighted by molar-refractivity contribution is 9.10. The third-order valence-corrected chi connectivity index (χ3v) is 5.81. The van der Waals surface area contributed by atoms with Crippen LogP contribution >= 0.6 is 62.3 Å². The summed E-state index contributed by atoms with van der Waals surface area (Å²) < 4.78 is 0.637. The smallest absolute Gasteiger partial charge is 0.338 e. The lowest BCUT2D eigenvalue weighted by Crippen LogP contribution is -2.19. The molecule has 0 spiro atoms. The lowest BCUT2D eigenvalue weighted by atomic mass is 10.1. The van der Waals surface area contributed by atoms with Gasteiger partial charge in [0.05, 0.1) is 36.9 Å². The first-order valence-corrected chi connectivity index (χ1v) is 9.04. The molecule has 0 atom stereocenters. The van der Waals surface area contributed by atoms with E-state index in [9.17, 15) is 14.7 Å². The van der Waals surface area contributed by atoms with Gasteiger partial charge in [0.25, 0.3) is 5.91 Å². The van der Waals surface area contributed by atoms with Crippen molar-refractivity contribution in [2.45, 2.75) is 13.8 Å². The molecule has 0 aromatic heterocycles. The molecule has 0 unspecified atom stereocenters. The number of halogens is 5. The molecule has 0 aliphatic heterocycles. The van der Waals surface area contributed by atoms with E-state index < -0.39 is 17.4 Å². The number of benzene rings is 2. The molecule has 0 saturated heterocycles. The van der Waals surface area contributed by atoms with Crippen LogP contribution in [0.4, 0.5) is 5.69 Å². The number of aromatic carboxylic acids is 1. The van der Waals surface area contributed by atoms with Crippen molar-refractivity contribution in [2.24, 2.45) is 0 Å². The van der Waals surface area contributed by atoms with E-state index in [2.05, 4.69) is 21.2 Å². The summed E-state index contributed by atoms with van der Waals surface area (Å²) in [4.78, 5) is 24.3. The van der Waals surface area contributed by atoms with Gasteiger partial charge in [-0.05, 0) is 47.0 Å². The van der Waals surface area contributed by atoms with Crippen LogP contribution < -0.4 is 5.32 Å². The van der Waals surface area contributed by atoms with Crippen LogP contribution in [-0.4, -0.2) is 17.0 Å². The summed E-state index contributed by atoms with van der Waals surface area (Å²) >= 11 is 27.2. The van der Waals surface area contributed by atoms with Gasteiger partial charge in [0.15, 0.2) is 0 Å². The lowest BCUT2D eigenvalue weighted by molar-refractivity contribution is 0.0692. The third kappa shape index (κ3) is 3.91. The molecule has 132 valence electrons. The summed E-state index contributed by atoms with van der Waals surface area (Å²) in [5, 5.41) is 11.0. The Morgan fingerprint density at radius 2 is 1.48 bits per heavy atom. The molecule has 2 N–H and O–H groups in total. The molecule has 0 aliphatic carbocycles. The Labute approximate surface area is 172 Å². The maximum Gasteiger partial charge on any atom is 0.338 e. The maximum absolute atomic E-state index is 12.7. The van der Waals surface area contributed by atoms with Gasteiger partial charge in [-0.15, -0.1) is 0 Å². The Morgan fingerprint density at radius 3 is 1.96 bits per heavy atom. The highest BCUT2D eigenvalue weighted by Gasteiger charge is 2.29. The SMILES string of the molecule is Cc1cc(C)c(NC(=O)c2c(Cl)c(Cl)c(Cl)c(Cl)c2C(=O)O)c(Br)c1. The van der Waals surface area contributed by atoms with Crippen LogP contribution in [0.5, 0.6) is 0 Å². The summed E-state index contributed by atoms with van der Waals surface area (Å²) in [5.41, 5.74) is 1.37. The Kier molecular flexibility index (Phi) is 6.28. The van der Waals surface area contributed by atoms with E-state index in [0.29, 0.717) is 10.2 Å². The standard InChI is InChI=1S/C16H10BrCl4NO3/c1-5-3-6(2)14(7(17)4-5)22-15(23)8-9(16(24)25)11(19)13(21)12(20)10(8)18/h3-4H,1-2H3,(H,22,23)(H,24,25). The summed E-state index contributed by atoms with van der Waals surface area (Å²) in [6, 6.07) is 3.67. The van der Waals surface area contributed by atoms with Crippen LogP contribution in [0.25, 0.3) is 0 Å². The van der Waals surface area contributed by atoms with Gasteiger partial charge >= 0.3 is 5.97 Å². The summed E-state index contributed by atoms with van der Waals surface area (Å²) in [7, 11) is 0. The number of hydrogen-bond acceptors (Lipinski definition) is 2. The zero-order valence-electron chi connectivity index (χ0n) is 12.8. The maximum atomic E-state index is 12.7. The highest BCUT2D eigenvalue weighted by Crippen LogP contribution is 2.42. The first kappa shape index (κ1) is 20.3. The van der Waals surface area contributed by atoms with Crippen LogP contribution in [0.15, 0.2) is 16.6 Å². The molecule has 0 heterocycles. The Morgan fingerprint density at radius 1 is 0.960 bits per heavy atom. The molecule has 2 rings (SSSR count). The Bertz CT molecular complexity index is 892. The fourth-order valence-electron chi connectivity index (χ4n) is 2.30. The fraction of sp³-hybridized carbons (Fsp3) is 0.125. The zero-order chi connectivity index (χ0) is 19.0.